The number of hydrogen-bond donors (Lipinski definition) is 1. The van der Waals surface area contributed by atoms with Gasteiger partial charge in [-0.25, -0.2) is 4.98 Å². The molecule has 17 heavy (non-hydrogen) atoms. The van der Waals surface area contributed by atoms with Gasteiger partial charge in [0.25, 0.3) is 0 Å². The fraction of sp³-hybridized carbons (Fsp3) is 0.636. The smallest absolute Gasteiger partial charge is 0.222 e. The minimum atomic E-state index is 0.292. The number of aryl methyl sites for hydroxylation is 1. The zero-order valence-electron chi connectivity index (χ0n) is 10.6. The van der Waals surface area contributed by atoms with Crippen molar-refractivity contribution in [2.45, 2.75) is 6.92 Å². The molecule has 0 radical (unpaired) electrons. The Morgan fingerprint density at radius 1 is 1.18 bits per heavy atom. The van der Waals surface area contributed by atoms with Gasteiger partial charge < -0.3 is 20.1 Å². The zero-order valence-corrected chi connectivity index (χ0v) is 10.6. The molecule has 1 heterocycles. The first kappa shape index (κ1) is 13.7. The molecule has 0 aliphatic rings. The fourth-order valence-electron chi connectivity index (χ4n) is 1.48. The molecule has 1 aromatic rings. The van der Waals surface area contributed by atoms with Gasteiger partial charge in [0.15, 0.2) is 0 Å². The van der Waals surface area contributed by atoms with Crippen molar-refractivity contribution in [2.24, 2.45) is 0 Å². The summed E-state index contributed by atoms with van der Waals surface area (Å²) < 4.78 is 10.2. The minimum absolute atomic E-state index is 0.292. The van der Waals surface area contributed by atoms with E-state index in [4.69, 9.17) is 15.2 Å². The lowest BCUT2D eigenvalue weighted by Gasteiger charge is -2.23. The third-order valence-corrected chi connectivity index (χ3v) is 2.31. The predicted molar refractivity (Wildman–Crippen MR) is 67.1 cm³/mol. The van der Waals surface area contributed by atoms with E-state index in [1.165, 1.54) is 0 Å². The van der Waals surface area contributed by atoms with E-state index in [2.05, 4.69) is 14.9 Å². The van der Waals surface area contributed by atoms with E-state index in [1.807, 2.05) is 13.0 Å². The number of methoxy groups -OCH3 is 2. The molecule has 6 nitrogen and oxygen atoms in total. The fourth-order valence-corrected chi connectivity index (χ4v) is 1.48. The van der Waals surface area contributed by atoms with Gasteiger partial charge in [-0.1, -0.05) is 0 Å². The van der Waals surface area contributed by atoms with Crippen LogP contribution in [-0.4, -0.2) is 50.5 Å². The van der Waals surface area contributed by atoms with Gasteiger partial charge in [-0.3, -0.25) is 0 Å². The lowest BCUT2D eigenvalue weighted by molar-refractivity contribution is 0.190. The monoisotopic (exact) mass is 240 g/mol. The number of nitrogens with zero attached hydrogens (tertiary/aromatic N) is 3. The second-order valence-electron chi connectivity index (χ2n) is 3.70. The molecular weight excluding hydrogens is 220 g/mol. The molecule has 0 atom stereocenters. The summed E-state index contributed by atoms with van der Waals surface area (Å²) in [4.78, 5) is 10.3. The first-order chi connectivity index (χ1) is 8.17. The van der Waals surface area contributed by atoms with Crippen molar-refractivity contribution in [1.29, 1.82) is 0 Å². The van der Waals surface area contributed by atoms with Crippen LogP contribution in [0.3, 0.4) is 0 Å². The topological polar surface area (TPSA) is 73.5 Å². The Hall–Kier alpha value is -1.40. The molecule has 0 saturated heterocycles. The van der Waals surface area contributed by atoms with Crippen LogP contribution < -0.4 is 10.6 Å². The Balaban J connectivity index is 2.78. The molecule has 0 unspecified atom stereocenters. The van der Waals surface area contributed by atoms with Gasteiger partial charge in [-0.05, 0) is 6.92 Å². The summed E-state index contributed by atoms with van der Waals surface area (Å²) in [5, 5.41) is 0. The second-order valence-corrected chi connectivity index (χ2v) is 3.70. The van der Waals surface area contributed by atoms with E-state index in [-0.39, 0.29) is 0 Å². The number of ether oxygens (including phenoxy) is 2. The lowest BCUT2D eigenvalue weighted by atomic mass is 10.4. The number of aromatic nitrogens is 2. The van der Waals surface area contributed by atoms with Crippen LogP contribution in [0.5, 0.6) is 0 Å². The highest BCUT2D eigenvalue weighted by Crippen LogP contribution is 2.13. The third kappa shape index (κ3) is 4.54. The van der Waals surface area contributed by atoms with E-state index < -0.39 is 0 Å². The molecular formula is C11H20N4O2. The van der Waals surface area contributed by atoms with Gasteiger partial charge in [0.1, 0.15) is 5.82 Å². The first-order valence-corrected chi connectivity index (χ1v) is 5.51. The molecule has 0 fully saturated rings. The third-order valence-electron chi connectivity index (χ3n) is 2.31. The Kier molecular flexibility index (Phi) is 5.65. The maximum atomic E-state index is 5.64. The molecule has 2 N–H and O–H groups in total. The van der Waals surface area contributed by atoms with E-state index in [0.29, 0.717) is 19.2 Å². The van der Waals surface area contributed by atoms with Crippen LogP contribution in [0.25, 0.3) is 0 Å². The van der Waals surface area contributed by atoms with Gasteiger partial charge in [0, 0.05) is 39.1 Å². The second kappa shape index (κ2) is 7.03. The van der Waals surface area contributed by atoms with Crippen LogP contribution in [0, 0.1) is 6.92 Å². The van der Waals surface area contributed by atoms with Crippen molar-refractivity contribution in [2.75, 3.05) is 51.2 Å². The molecule has 1 aromatic heterocycles. The van der Waals surface area contributed by atoms with Crippen molar-refractivity contribution in [3.8, 4) is 0 Å². The predicted octanol–water partition coefficient (Wildman–Crippen LogP) is 0.466. The van der Waals surface area contributed by atoms with Gasteiger partial charge in [-0.15, -0.1) is 0 Å². The summed E-state index contributed by atoms with van der Waals surface area (Å²) in [5.41, 5.74) is 6.50. The first-order valence-electron chi connectivity index (χ1n) is 5.51. The molecule has 0 aliphatic carbocycles. The minimum Gasteiger partial charge on any atom is -0.383 e. The van der Waals surface area contributed by atoms with E-state index in [9.17, 15) is 0 Å². The van der Waals surface area contributed by atoms with E-state index in [1.54, 1.807) is 14.2 Å². The Morgan fingerprint density at radius 3 is 2.24 bits per heavy atom. The van der Waals surface area contributed by atoms with E-state index >= 15 is 0 Å². The number of anilines is 2. The van der Waals surface area contributed by atoms with Crippen molar-refractivity contribution >= 4 is 11.8 Å². The molecule has 0 amide bonds. The van der Waals surface area contributed by atoms with Crippen LogP contribution in [-0.2, 0) is 9.47 Å². The Labute approximate surface area is 102 Å². The summed E-state index contributed by atoms with van der Waals surface area (Å²) in [6, 6.07) is 1.90. The zero-order chi connectivity index (χ0) is 12.7. The maximum absolute atomic E-state index is 5.64. The van der Waals surface area contributed by atoms with Gasteiger partial charge in [0.2, 0.25) is 5.95 Å². The van der Waals surface area contributed by atoms with Gasteiger partial charge >= 0.3 is 0 Å². The SMILES string of the molecule is COCCN(CCOC)c1cc(C)nc(N)n1. The number of nitrogens with two attached hydrogens (primary N) is 1. The summed E-state index contributed by atoms with van der Waals surface area (Å²) in [7, 11) is 3.35. The normalized spacial score (nSPS) is 10.5. The highest BCUT2D eigenvalue weighted by atomic mass is 16.5. The molecule has 6 heteroatoms. The van der Waals surface area contributed by atoms with Crippen LogP contribution in [0.4, 0.5) is 11.8 Å². The van der Waals surface area contributed by atoms with E-state index in [0.717, 1.165) is 24.6 Å². The average Bonchev–Trinajstić information content (AvgIpc) is 2.28. The summed E-state index contributed by atoms with van der Waals surface area (Å²) in [6.07, 6.45) is 0. The summed E-state index contributed by atoms with van der Waals surface area (Å²) in [6.45, 7) is 4.65. The molecule has 0 bridgehead atoms. The van der Waals surface area contributed by atoms with Crippen LogP contribution in [0.2, 0.25) is 0 Å². The largest absolute Gasteiger partial charge is 0.383 e. The quantitative estimate of drug-likeness (QED) is 0.746. The standard InChI is InChI=1S/C11H20N4O2/c1-9-8-10(14-11(12)13-9)15(4-6-16-2)5-7-17-3/h8H,4-7H2,1-3H3,(H2,12,13,14). The number of rotatable bonds is 7. The van der Waals surface area contributed by atoms with Crippen LogP contribution in [0.1, 0.15) is 5.69 Å². The Morgan fingerprint density at radius 2 is 1.76 bits per heavy atom. The van der Waals surface area contributed by atoms with Crippen molar-refractivity contribution in [1.82, 2.24) is 9.97 Å². The molecule has 0 spiro atoms. The maximum Gasteiger partial charge on any atom is 0.222 e. The lowest BCUT2D eigenvalue weighted by Crippen LogP contribution is -2.31. The number of nitrogen functional groups attached to an aromatic ring is 1. The molecule has 0 saturated carbocycles. The van der Waals surface area contributed by atoms with Crippen LogP contribution in [0.15, 0.2) is 6.07 Å². The van der Waals surface area contributed by atoms with Crippen LogP contribution >= 0.6 is 0 Å². The van der Waals surface area contributed by atoms with Crippen molar-refractivity contribution in [3.63, 3.8) is 0 Å². The van der Waals surface area contributed by atoms with Gasteiger partial charge in [0.05, 0.1) is 13.2 Å². The van der Waals surface area contributed by atoms with Crippen molar-refractivity contribution in [3.05, 3.63) is 11.8 Å². The number of hydrogen-bond acceptors (Lipinski definition) is 6. The molecule has 1 rings (SSSR count). The highest BCUT2D eigenvalue weighted by molar-refractivity contribution is 5.43. The average molecular weight is 240 g/mol. The Bertz CT molecular complexity index is 318. The summed E-state index contributed by atoms with van der Waals surface area (Å²) in [5.74, 6) is 1.10. The molecule has 0 aliphatic heterocycles. The van der Waals surface area contributed by atoms with Gasteiger partial charge in [-0.2, -0.15) is 4.98 Å². The highest BCUT2D eigenvalue weighted by Gasteiger charge is 2.09. The van der Waals surface area contributed by atoms with Crippen molar-refractivity contribution < 1.29 is 9.47 Å². The molecule has 0 aromatic carbocycles. The molecule has 96 valence electrons. The summed E-state index contributed by atoms with van der Waals surface area (Å²) >= 11 is 0.